The van der Waals surface area contributed by atoms with E-state index in [-0.39, 0.29) is 0 Å². The molecule has 2 unspecified atom stereocenters. The fraction of sp³-hybridized carbons (Fsp3) is 0.625. The van der Waals surface area contributed by atoms with Gasteiger partial charge >= 0.3 is 0 Å². The van der Waals surface area contributed by atoms with E-state index in [1.54, 1.807) is 6.07 Å². The van der Waals surface area contributed by atoms with Gasteiger partial charge in [0.1, 0.15) is 11.6 Å². The van der Waals surface area contributed by atoms with Crippen LogP contribution in [0, 0.1) is 17.6 Å². The Hall–Kier alpha value is -1.00. The van der Waals surface area contributed by atoms with Gasteiger partial charge in [0.25, 0.3) is 0 Å². The molecular weight excluding hydrogens is 258 g/mol. The van der Waals surface area contributed by atoms with E-state index >= 15 is 0 Å². The first kappa shape index (κ1) is 15.4. The van der Waals surface area contributed by atoms with Crippen LogP contribution in [0.4, 0.5) is 8.78 Å². The molecule has 2 atom stereocenters. The third-order valence-electron chi connectivity index (χ3n) is 4.18. The van der Waals surface area contributed by atoms with Gasteiger partial charge in [-0.1, -0.05) is 13.0 Å². The summed E-state index contributed by atoms with van der Waals surface area (Å²) in [4.78, 5) is 2.28. The minimum Gasteiger partial charge on any atom is -0.314 e. The lowest BCUT2D eigenvalue weighted by atomic mass is 9.91. The average molecular weight is 282 g/mol. The summed E-state index contributed by atoms with van der Waals surface area (Å²) in [5, 5.41) is 3.47. The van der Waals surface area contributed by atoms with E-state index in [0.29, 0.717) is 24.1 Å². The first-order valence-electron chi connectivity index (χ1n) is 7.49. The normalized spacial score (nSPS) is 21.9. The van der Waals surface area contributed by atoms with Crippen LogP contribution >= 0.6 is 0 Å². The molecule has 0 aromatic heterocycles. The molecule has 0 saturated carbocycles. The second-order valence-electron chi connectivity index (χ2n) is 5.72. The van der Waals surface area contributed by atoms with Crippen molar-refractivity contribution in [3.8, 4) is 0 Å². The molecule has 0 amide bonds. The van der Waals surface area contributed by atoms with Crippen molar-refractivity contribution >= 4 is 0 Å². The maximum atomic E-state index is 13.7. The third kappa shape index (κ3) is 4.00. The second-order valence-corrected chi connectivity index (χ2v) is 5.72. The Bertz CT molecular complexity index is 436. The van der Waals surface area contributed by atoms with Gasteiger partial charge in [0, 0.05) is 30.8 Å². The first-order valence-corrected chi connectivity index (χ1v) is 7.49. The molecule has 2 rings (SSSR count). The van der Waals surface area contributed by atoms with Crippen LogP contribution in [0.1, 0.15) is 32.3 Å². The van der Waals surface area contributed by atoms with Crippen molar-refractivity contribution in [2.75, 3.05) is 19.6 Å². The Morgan fingerprint density at radius 3 is 2.90 bits per heavy atom. The van der Waals surface area contributed by atoms with Crippen LogP contribution in [-0.4, -0.2) is 30.6 Å². The van der Waals surface area contributed by atoms with Gasteiger partial charge in [0.15, 0.2) is 0 Å². The molecule has 20 heavy (non-hydrogen) atoms. The zero-order valence-electron chi connectivity index (χ0n) is 12.3. The smallest absolute Gasteiger partial charge is 0.130 e. The van der Waals surface area contributed by atoms with E-state index in [4.69, 9.17) is 0 Å². The van der Waals surface area contributed by atoms with Gasteiger partial charge in [0.05, 0.1) is 0 Å². The second kappa shape index (κ2) is 7.14. The first-order chi connectivity index (χ1) is 9.60. The number of piperidine rings is 1. The highest BCUT2D eigenvalue weighted by atomic mass is 19.1. The topological polar surface area (TPSA) is 15.3 Å². The summed E-state index contributed by atoms with van der Waals surface area (Å²) in [5.74, 6) is -0.345. The Labute approximate surface area is 120 Å². The van der Waals surface area contributed by atoms with E-state index < -0.39 is 11.6 Å². The molecule has 1 fully saturated rings. The van der Waals surface area contributed by atoms with Crippen molar-refractivity contribution in [2.24, 2.45) is 5.92 Å². The van der Waals surface area contributed by atoms with Crippen molar-refractivity contribution < 1.29 is 8.78 Å². The number of rotatable bonds is 5. The molecule has 1 aromatic carbocycles. The number of halogens is 2. The Balaban J connectivity index is 1.95. The maximum Gasteiger partial charge on any atom is 0.130 e. The van der Waals surface area contributed by atoms with Gasteiger partial charge in [-0.25, -0.2) is 8.78 Å². The summed E-state index contributed by atoms with van der Waals surface area (Å²) in [6, 6.07) is 4.35. The van der Waals surface area contributed by atoms with Gasteiger partial charge in [0.2, 0.25) is 0 Å². The summed E-state index contributed by atoms with van der Waals surface area (Å²) < 4.78 is 26.6. The van der Waals surface area contributed by atoms with Gasteiger partial charge in [-0.15, -0.1) is 0 Å². The lowest BCUT2D eigenvalue weighted by molar-refractivity contribution is 0.144. The minimum absolute atomic E-state index is 0.438. The number of nitrogens with one attached hydrogen (secondary N) is 1. The highest BCUT2D eigenvalue weighted by Gasteiger charge is 2.24. The fourth-order valence-corrected chi connectivity index (χ4v) is 3.02. The van der Waals surface area contributed by atoms with Gasteiger partial charge in [-0.05, 0) is 44.8 Å². The van der Waals surface area contributed by atoms with E-state index in [0.717, 1.165) is 32.1 Å². The maximum absolute atomic E-state index is 13.7. The van der Waals surface area contributed by atoms with Crippen molar-refractivity contribution in [1.29, 1.82) is 0 Å². The molecule has 4 heteroatoms. The Morgan fingerprint density at radius 1 is 1.40 bits per heavy atom. The summed E-state index contributed by atoms with van der Waals surface area (Å²) in [6.07, 6.45) is 2.36. The predicted molar refractivity (Wildman–Crippen MR) is 77.5 cm³/mol. The van der Waals surface area contributed by atoms with Crippen LogP contribution in [-0.2, 0) is 6.54 Å². The molecule has 1 aromatic rings. The van der Waals surface area contributed by atoms with Crippen LogP contribution in [0.15, 0.2) is 18.2 Å². The van der Waals surface area contributed by atoms with Crippen molar-refractivity contribution in [3.05, 3.63) is 35.4 Å². The monoisotopic (exact) mass is 282 g/mol. The van der Waals surface area contributed by atoms with Crippen molar-refractivity contribution in [3.63, 3.8) is 0 Å². The van der Waals surface area contributed by atoms with E-state index in [1.165, 1.54) is 12.5 Å². The predicted octanol–water partition coefficient (Wildman–Crippen LogP) is 3.17. The summed E-state index contributed by atoms with van der Waals surface area (Å²) in [6.45, 7) is 7.85. The lowest BCUT2D eigenvalue weighted by Gasteiger charge is -2.36. The number of benzene rings is 1. The van der Waals surface area contributed by atoms with Gasteiger partial charge < -0.3 is 5.32 Å². The van der Waals surface area contributed by atoms with Gasteiger partial charge in [-0.3, -0.25) is 4.90 Å². The lowest BCUT2D eigenvalue weighted by Crippen LogP contribution is -2.44. The highest BCUT2D eigenvalue weighted by molar-refractivity contribution is 5.18. The molecule has 1 N–H and O–H groups in total. The molecule has 1 saturated heterocycles. The molecule has 1 aliphatic heterocycles. The van der Waals surface area contributed by atoms with Crippen LogP contribution in [0.3, 0.4) is 0 Å². The fourth-order valence-electron chi connectivity index (χ4n) is 3.02. The molecule has 0 spiro atoms. The molecule has 1 heterocycles. The number of hydrogen-bond acceptors (Lipinski definition) is 2. The zero-order chi connectivity index (χ0) is 14.5. The molecule has 0 radical (unpaired) electrons. The largest absolute Gasteiger partial charge is 0.314 e. The van der Waals surface area contributed by atoms with Crippen molar-refractivity contribution in [1.82, 2.24) is 10.2 Å². The van der Waals surface area contributed by atoms with Crippen LogP contribution in [0.25, 0.3) is 0 Å². The summed E-state index contributed by atoms with van der Waals surface area (Å²) >= 11 is 0. The number of nitrogens with zero attached hydrogens (tertiary/aromatic N) is 1. The summed E-state index contributed by atoms with van der Waals surface area (Å²) in [7, 11) is 0. The van der Waals surface area contributed by atoms with Gasteiger partial charge in [-0.2, -0.15) is 0 Å². The molecular formula is C16H24F2N2. The van der Waals surface area contributed by atoms with Crippen LogP contribution < -0.4 is 5.32 Å². The van der Waals surface area contributed by atoms with E-state index in [1.807, 2.05) is 0 Å². The van der Waals surface area contributed by atoms with E-state index in [9.17, 15) is 8.78 Å². The van der Waals surface area contributed by atoms with E-state index in [2.05, 4.69) is 24.1 Å². The molecule has 112 valence electrons. The van der Waals surface area contributed by atoms with Crippen molar-refractivity contribution in [2.45, 2.75) is 39.3 Å². The SMILES string of the molecule is CCNC(C)C1CCCN(Cc2ccc(F)cc2F)C1. The zero-order valence-corrected chi connectivity index (χ0v) is 12.3. The molecule has 2 nitrogen and oxygen atoms in total. The standard InChI is InChI=1S/C16H24F2N2/c1-3-19-12(2)13-5-4-8-20(10-13)11-14-6-7-15(17)9-16(14)18/h6-7,9,12-13,19H,3-5,8,10-11H2,1-2H3. The summed E-state index contributed by atoms with van der Waals surface area (Å²) in [5.41, 5.74) is 0.586. The quantitative estimate of drug-likeness (QED) is 0.892. The average Bonchev–Trinajstić information content (AvgIpc) is 2.43. The third-order valence-corrected chi connectivity index (χ3v) is 4.18. The molecule has 0 bridgehead atoms. The minimum atomic E-state index is -0.511. The number of likely N-dealkylation sites (tertiary alicyclic amines) is 1. The number of hydrogen-bond donors (Lipinski definition) is 1. The Morgan fingerprint density at radius 2 is 2.20 bits per heavy atom. The van der Waals surface area contributed by atoms with Crippen LogP contribution in [0.5, 0.6) is 0 Å². The van der Waals surface area contributed by atoms with Crippen LogP contribution in [0.2, 0.25) is 0 Å². The highest BCUT2D eigenvalue weighted by Crippen LogP contribution is 2.22. The Kier molecular flexibility index (Phi) is 5.49. The molecule has 1 aliphatic rings. The molecule has 0 aliphatic carbocycles.